The molecule has 0 spiro atoms. The Labute approximate surface area is 166 Å². The Bertz CT molecular complexity index is 875. The third-order valence-electron chi connectivity index (χ3n) is 3.89. The number of halogens is 2. The molecule has 1 atom stereocenters. The van der Waals surface area contributed by atoms with Gasteiger partial charge in [-0.3, -0.25) is 9.59 Å². The van der Waals surface area contributed by atoms with Crippen molar-refractivity contribution in [3.8, 4) is 0 Å². The predicted octanol–water partition coefficient (Wildman–Crippen LogP) is 2.87. The quantitative estimate of drug-likeness (QED) is 0.571. The molecule has 29 heavy (non-hydrogen) atoms. The molecular formula is C20H22F2N4O3. The summed E-state index contributed by atoms with van der Waals surface area (Å²) >= 11 is 0. The van der Waals surface area contributed by atoms with E-state index in [2.05, 4.69) is 21.3 Å². The van der Waals surface area contributed by atoms with Crippen molar-refractivity contribution in [3.05, 3.63) is 60.2 Å². The number of urea groups is 1. The summed E-state index contributed by atoms with van der Waals surface area (Å²) in [6.07, 6.45) is 0. The van der Waals surface area contributed by atoms with Crippen LogP contribution in [0.1, 0.15) is 13.8 Å². The summed E-state index contributed by atoms with van der Waals surface area (Å²) in [6.45, 7) is 3.09. The first-order valence-electron chi connectivity index (χ1n) is 8.91. The van der Waals surface area contributed by atoms with Crippen molar-refractivity contribution in [3.63, 3.8) is 0 Å². The lowest BCUT2D eigenvalue weighted by molar-refractivity contribution is -0.126. The maximum atomic E-state index is 13.2. The molecule has 0 aliphatic rings. The molecule has 0 radical (unpaired) electrons. The van der Waals surface area contributed by atoms with Gasteiger partial charge in [-0.05, 0) is 30.2 Å². The minimum Gasteiger partial charge on any atom is -0.345 e. The Hall–Kier alpha value is -3.49. The average molecular weight is 404 g/mol. The van der Waals surface area contributed by atoms with Crippen molar-refractivity contribution in [1.29, 1.82) is 0 Å². The highest BCUT2D eigenvalue weighted by atomic mass is 19.2. The molecule has 4 amide bonds. The lowest BCUT2D eigenvalue weighted by Gasteiger charge is -2.22. The number of para-hydroxylation sites is 1. The van der Waals surface area contributed by atoms with Crippen LogP contribution in [0.15, 0.2) is 48.5 Å². The van der Waals surface area contributed by atoms with E-state index >= 15 is 0 Å². The highest BCUT2D eigenvalue weighted by Gasteiger charge is 2.24. The maximum absolute atomic E-state index is 13.2. The number of anilines is 2. The first-order valence-corrected chi connectivity index (χ1v) is 8.91. The molecule has 2 aromatic carbocycles. The zero-order chi connectivity index (χ0) is 21.4. The molecule has 0 aromatic heterocycles. The minimum absolute atomic E-state index is 0.0592. The fourth-order valence-corrected chi connectivity index (χ4v) is 2.42. The monoisotopic (exact) mass is 404 g/mol. The lowest BCUT2D eigenvalue weighted by atomic mass is 10.0. The number of rotatable bonds is 7. The first kappa shape index (κ1) is 21.8. The highest BCUT2D eigenvalue weighted by Crippen LogP contribution is 2.13. The van der Waals surface area contributed by atoms with Crippen LogP contribution in [-0.4, -0.2) is 30.4 Å². The van der Waals surface area contributed by atoms with Gasteiger partial charge in [0.15, 0.2) is 11.6 Å². The third kappa shape index (κ3) is 6.87. The molecule has 9 heteroatoms. The van der Waals surface area contributed by atoms with E-state index in [1.54, 1.807) is 44.2 Å². The van der Waals surface area contributed by atoms with Crippen molar-refractivity contribution in [1.82, 2.24) is 10.6 Å². The van der Waals surface area contributed by atoms with Crippen LogP contribution in [0.4, 0.5) is 25.0 Å². The van der Waals surface area contributed by atoms with Crippen molar-refractivity contribution < 1.29 is 23.2 Å². The van der Waals surface area contributed by atoms with Gasteiger partial charge in [0.2, 0.25) is 11.8 Å². The fourth-order valence-electron chi connectivity index (χ4n) is 2.42. The Kier molecular flexibility index (Phi) is 7.64. The van der Waals surface area contributed by atoms with Crippen LogP contribution in [-0.2, 0) is 9.59 Å². The van der Waals surface area contributed by atoms with Gasteiger partial charge >= 0.3 is 6.03 Å². The summed E-state index contributed by atoms with van der Waals surface area (Å²) in [4.78, 5) is 36.4. The van der Waals surface area contributed by atoms with Crippen molar-refractivity contribution in [2.45, 2.75) is 19.9 Å². The van der Waals surface area contributed by atoms with Gasteiger partial charge in [-0.15, -0.1) is 0 Å². The molecular weight excluding hydrogens is 382 g/mol. The number of nitrogens with one attached hydrogen (secondary N) is 4. The van der Waals surface area contributed by atoms with Crippen molar-refractivity contribution in [2.24, 2.45) is 5.92 Å². The number of benzene rings is 2. The van der Waals surface area contributed by atoms with Crippen LogP contribution in [0, 0.1) is 17.6 Å². The van der Waals surface area contributed by atoms with E-state index in [-0.39, 0.29) is 11.6 Å². The van der Waals surface area contributed by atoms with E-state index < -0.39 is 42.1 Å². The molecule has 2 rings (SSSR count). The van der Waals surface area contributed by atoms with Crippen LogP contribution >= 0.6 is 0 Å². The minimum atomic E-state index is -1.10. The Morgan fingerprint density at radius 1 is 0.897 bits per heavy atom. The summed E-state index contributed by atoms with van der Waals surface area (Å²) in [7, 11) is 0. The van der Waals surface area contributed by atoms with E-state index in [4.69, 9.17) is 0 Å². The van der Waals surface area contributed by atoms with Crippen LogP contribution < -0.4 is 21.3 Å². The van der Waals surface area contributed by atoms with Crippen LogP contribution in [0.2, 0.25) is 0 Å². The van der Waals surface area contributed by atoms with E-state index in [0.717, 1.165) is 12.1 Å². The smallest absolute Gasteiger partial charge is 0.319 e. The largest absolute Gasteiger partial charge is 0.345 e. The van der Waals surface area contributed by atoms with Gasteiger partial charge in [-0.2, -0.15) is 0 Å². The second kappa shape index (κ2) is 10.2. The van der Waals surface area contributed by atoms with Gasteiger partial charge in [-0.25, -0.2) is 13.6 Å². The molecule has 0 aliphatic carbocycles. The second-order valence-corrected chi connectivity index (χ2v) is 6.58. The standard InChI is InChI=1S/C20H22F2N4O3/c1-12(2)18(26-20(29)25-13-6-4-3-5-7-13)19(28)23-11-17(27)24-14-8-9-15(21)16(22)10-14/h3-10,12,18H,11H2,1-2H3,(H,23,28)(H,24,27)(H2,25,26,29)/t18-/m1/s1. The molecule has 154 valence electrons. The van der Waals surface area contributed by atoms with E-state index in [1.807, 2.05) is 0 Å². The molecule has 0 saturated carbocycles. The van der Waals surface area contributed by atoms with Gasteiger partial charge < -0.3 is 21.3 Å². The average Bonchev–Trinajstić information content (AvgIpc) is 2.67. The number of carbonyl (C=O) groups is 3. The molecule has 0 bridgehead atoms. The van der Waals surface area contributed by atoms with Crippen molar-refractivity contribution in [2.75, 3.05) is 17.2 Å². The molecule has 0 unspecified atom stereocenters. The van der Waals surface area contributed by atoms with Gasteiger partial charge in [0.25, 0.3) is 0 Å². The topological polar surface area (TPSA) is 99.3 Å². The molecule has 7 nitrogen and oxygen atoms in total. The summed E-state index contributed by atoms with van der Waals surface area (Å²) in [6, 6.07) is 10.2. The second-order valence-electron chi connectivity index (χ2n) is 6.58. The molecule has 0 aliphatic heterocycles. The highest BCUT2D eigenvalue weighted by molar-refractivity contribution is 5.97. The van der Waals surface area contributed by atoms with Gasteiger partial charge in [-0.1, -0.05) is 32.0 Å². The number of hydrogen-bond donors (Lipinski definition) is 4. The van der Waals surface area contributed by atoms with Gasteiger partial charge in [0, 0.05) is 17.4 Å². The SMILES string of the molecule is CC(C)[C@@H](NC(=O)Nc1ccccc1)C(=O)NCC(=O)Nc1ccc(F)c(F)c1. The van der Waals surface area contributed by atoms with Gasteiger partial charge in [0.1, 0.15) is 6.04 Å². The van der Waals surface area contributed by atoms with Crippen molar-refractivity contribution >= 4 is 29.2 Å². The number of hydrogen-bond acceptors (Lipinski definition) is 3. The maximum Gasteiger partial charge on any atom is 0.319 e. The van der Waals surface area contributed by atoms with E-state index in [9.17, 15) is 23.2 Å². The third-order valence-corrected chi connectivity index (χ3v) is 3.89. The molecule has 0 saturated heterocycles. The van der Waals surface area contributed by atoms with Crippen LogP contribution in [0.25, 0.3) is 0 Å². The Morgan fingerprint density at radius 2 is 1.59 bits per heavy atom. The lowest BCUT2D eigenvalue weighted by Crippen LogP contribution is -2.52. The van der Waals surface area contributed by atoms with E-state index in [1.165, 1.54) is 6.07 Å². The molecule has 4 N–H and O–H groups in total. The number of amides is 4. The molecule has 0 fully saturated rings. The normalized spacial score (nSPS) is 11.5. The van der Waals surface area contributed by atoms with Crippen LogP contribution in [0.5, 0.6) is 0 Å². The Balaban J connectivity index is 1.87. The van der Waals surface area contributed by atoms with Gasteiger partial charge in [0.05, 0.1) is 6.54 Å². The summed E-state index contributed by atoms with van der Waals surface area (Å²) in [5.74, 6) is -3.55. The summed E-state index contributed by atoms with van der Waals surface area (Å²) in [5.41, 5.74) is 0.628. The predicted molar refractivity (Wildman–Crippen MR) is 105 cm³/mol. The van der Waals surface area contributed by atoms with E-state index in [0.29, 0.717) is 5.69 Å². The summed E-state index contributed by atoms with van der Waals surface area (Å²) in [5, 5.41) is 9.95. The summed E-state index contributed by atoms with van der Waals surface area (Å²) < 4.78 is 26.1. The zero-order valence-electron chi connectivity index (χ0n) is 16.0. The first-order chi connectivity index (χ1) is 13.8. The molecule has 2 aromatic rings. The Morgan fingerprint density at radius 3 is 2.21 bits per heavy atom. The fraction of sp³-hybridized carbons (Fsp3) is 0.250. The van der Waals surface area contributed by atoms with Crippen LogP contribution in [0.3, 0.4) is 0 Å². The number of carbonyl (C=O) groups excluding carboxylic acids is 3. The zero-order valence-corrected chi connectivity index (χ0v) is 16.0. The molecule has 0 heterocycles.